The molecule has 0 aromatic heterocycles. The van der Waals surface area contributed by atoms with Crippen molar-refractivity contribution in [1.29, 1.82) is 0 Å². The minimum absolute atomic E-state index is 0.105. The Kier molecular flexibility index (Phi) is 5.55. The fraction of sp³-hybridized carbons (Fsp3) is 0.556. The van der Waals surface area contributed by atoms with Gasteiger partial charge in [-0.2, -0.15) is 0 Å². The molecule has 0 heterocycles. The Hall–Kier alpha value is -1.36. The molecule has 0 fully saturated rings. The zero-order valence-corrected chi connectivity index (χ0v) is 8.19. The van der Waals surface area contributed by atoms with Gasteiger partial charge in [-0.1, -0.05) is 6.08 Å². The predicted octanol–water partition coefficient (Wildman–Crippen LogP) is -0.131. The van der Waals surface area contributed by atoms with Crippen molar-refractivity contribution in [2.75, 3.05) is 0 Å². The van der Waals surface area contributed by atoms with Crippen LogP contribution in [-0.4, -0.2) is 29.1 Å². The molecule has 14 heavy (non-hydrogen) atoms. The number of carboxylic acid groups (broad SMARTS) is 1. The summed E-state index contributed by atoms with van der Waals surface area (Å²) in [6, 6.07) is -1.06. The molecule has 0 rings (SSSR count). The Bertz CT molecular complexity index is 228. The summed E-state index contributed by atoms with van der Waals surface area (Å²) in [5.41, 5.74) is 5.48. The van der Waals surface area contributed by atoms with Crippen LogP contribution in [0.1, 0.15) is 19.8 Å². The molecule has 0 aliphatic rings. The van der Waals surface area contributed by atoms with E-state index in [1.807, 2.05) is 0 Å². The van der Waals surface area contributed by atoms with Crippen LogP contribution in [-0.2, 0) is 9.59 Å². The highest BCUT2D eigenvalue weighted by Gasteiger charge is 2.15. The summed E-state index contributed by atoms with van der Waals surface area (Å²) >= 11 is 0. The number of nitrogens with one attached hydrogen (secondary N) is 1. The molecule has 5 heteroatoms. The largest absolute Gasteiger partial charge is 0.481 e. The number of hydrogen-bond acceptors (Lipinski definition) is 3. The van der Waals surface area contributed by atoms with Gasteiger partial charge in [-0.25, -0.2) is 0 Å². The first-order valence-corrected chi connectivity index (χ1v) is 4.36. The predicted molar refractivity (Wildman–Crippen MR) is 52.6 cm³/mol. The smallest absolute Gasteiger partial charge is 0.305 e. The molecule has 0 spiro atoms. The first-order valence-electron chi connectivity index (χ1n) is 4.36. The summed E-state index contributed by atoms with van der Waals surface area (Å²) in [5, 5.41) is 10.9. The molecular weight excluding hydrogens is 184 g/mol. The molecule has 0 aliphatic carbocycles. The third-order valence-electron chi connectivity index (χ3n) is 1.63. The number of rotatable bonds is 6. The Balaban J connectivity index is 3.92. The number of hydrogen-bond donors (Lipinski definition) is 3. The molecule has 2 unspecified atom stereocenters. The van der Waals surface area contributed by atoms with Gasteiger partial charge in [0, 0.05) is 6.04 Å². The average molecular weight is 200 g/mol. The van der Waals surface area contributed by atoms with E-state index in [0.29, 0.717) is 6.42 Å². The molecule has 0 saturated carbocycles. The summed E-state index contributed by atoms with van der Waals surface area (Å²) in [5.74, 6) is -1.30. The first kappa shape index (κ1) is 12.6. The lowest BCUT2D eigenvalue weighted by Gasteiger charge is -2.14. The van der Waals surface area contributed by atoms with Gasteiger partial charge < -0.3 is 16.2 Å². The van der Waals surface area contributed by atoms with Gasteiger partial charge in [0.25, 0.3) is 0 Å². The summed E-state index contributed by atoms with van der Waals surface area (Å²) < 4.78 is 0. The zero-order valence-electron chi connectivity index (χ0n) is 8.19. The van der Waals surface area contributed by atoms with E-state index in [0.717, 1.165) is 0 Å². The van der Waals surface area contributed by atoms with E-state index in [1.54, 1.807) is 13.0 Å². The average Bonchev–Trinajstić information content (AvgIpc) is 2.02. The van der Waals surface area contributed by atoms with Crippen LogP contribution in [0.3, 0.4) is 0 Å². The number of nitrogens with two attached hydrogens (primary N) is 1. The van der Waals surface area contributed by atoms with E-state index >= 15 is 0 Å². The van der Waals surface area contributed by atoms with Crippen LogP contribution in [0.4, 0.5) is 0 Å². The fourth-order valence-corrected chi connectivity index (χ4v) is 0.949. The highest BCUT2D eigenvalue weighted by molar-refractivity contribution is 5.82. The normalized spacial score (nSPS) is 14.1. The van der Waals surface area contributed by atoms with E-state index in [9.17, 15) is 9.59 Å². The van der Waals surface area contributed by atoms with Crippen LogP contribution in [0.15, 0.2) is 12.7 Å². The van der Waals surface area contributed by atoms with E-state index in [1.165, 1.54) is 0 Å². The Morgan fingerprint density at radius 1 is 1.64 bits per heavy atom. The van der Waals surface area contributed by atoms with Crippen LogP contribution in [0.5, 0.6) is 0 Å². The highest BCUT2D eigenvalue weighted by atomic mass is 16.4. The molecule has 0 aromatic carbocycles. The SMILES string of the molecule is C=CCC(N)C(=O)NC(C)CC(=O)O. The zero-order chi connectivity index (χ0) is 11.1. The van der Waals surface area contributed by atoms with Crippen molar-refractivity contribution in [1.82, 2.24) is 5.32 Å². The van der Waals surface area contributed by atoms with Crippen LogP contribution < -0.4 is 11.1 Å². The highest BCUT2D eigenvalue weighted by Crippen LogP contribution is 1.94. The maximum atomic E-state index is 11.2. The molecule has 0 aliphatic heterocycles. The Morgan fingerprint density at radius 3 is 2.64 bits per heavy atom. The molecule has 4 N–H and O–H groups in total. The molecular formula is C9H16N2O3. The molecule has 5 nitrogen and oxygen atoms in total. The molecule has 2 atom stereocenters. The van der Waals surface area contributed by atoms with Gasteiger partial charge in [-0.15, -0.1) is 6.58 Å². The van der Waals surface area contributed by atoms with E-state index in [-0.39, 0.29) is 12.3 Å². The third-order valence-corrected chi connectivity index (χ3v) is 1.63. The summed E-state index contributed by atoms with van der Waals surface area (Å²) in [4.78, 5) is 21.5. The number of amides is 1. The molecule has 80 valence electrons. The lowest BCUT2D eigenvalue weighted by Crippen LogP contribution is -2.44. The van der Waals surface area contributed by atoms with Gasteiger partial charge in [0.2, 0.25) is 5.91 Å². The third kappa shape index (κ3) is 5.31. The van der Waals surface area contributed by atoms with Gasteiger partial charge in [0.1, 0.15) is 0 Å². The lowest BCUT2D eigenvalue weighted by molar-refractivity contribution is -0.137. The number of aliphatic carboxylic acids is 1. The van der Waals surface area contributed by atoms with Gasteiger partial charge in [-0.05, 0) is 13.3 Å². The van der Waals surface area contributed by atoms with Crippen molar-refractivity contribution >= 4 is 11.9 Å². The molecule has 0 aromatic rings. The van der Waals surface area contributed by atoms with Crippen LogP contribution in [0.2, 0.25) is 0 Å². The van der Waals surface area contributed by atoms with Gasteiger partial charge in [0.15, 0.2) is 0 Å². The van der Waals surface area contributed by atoms with Crippen molar-refractivity contribution in [2.45, 2.75) is 31.8 Å². The fourth-order valence-electron chi connectivity index (χ4n) is 0.949. The number of carboxylic acids is 1. The second-order valence-electron chi connectivity index (χ2n) is 3.14. The van der Waals surface area contributed by atoms with Gasteiger partial charge >= 0.3 is 5.97 Å². The molecule has 1 amide bonds. The summed E-state index contributed by atoms with van der Waals surface area (Å²) in [6.45, 7) is 5.07. The monoisotopic (exact) mass is 200 g/mol. The van der Waals surface area contributed by atoms with E-state index in [4.69, 9.17) is 10.8 Å². The molecule has 0 saturated heterocycles. The van der Waals surface area contributed by atoms with Crippen LogP contribution >= 0.6 is 0 Å². The van der Waals surface area contributed by atoms with Crippen LogP contribution in [0.25, 0.3) is 0 Å². The number of carbonyl (C=O) groups is 2. The second-order valence-corrected chi connectivity index (χ2v) is 3.14. The quantitative estimate of drug-likeness (QED) is 0.521. The lowest BCUT2D eigenvalue weighted by atomic mass is 10.1. The first-order chi connectivity index (χ1) is 6.47. The van der Waals surface area contributed by atoms with Crippen molar-refractivity contribution in [3.8, 4) is 0 Å². The van der Waals surface area contributed by atoms with E-state index < -0.39 is 18.1 Å². The van der Waals surface area contributed by atoms with Crippen molar-refractivity contribution in [3.63, 3.8) is 0 Å². The Labute approximate surface area is 83.0 Å². The van der Waals surface area contributed by atoms with Gasteiger partial charge in [-0.3, -0.25) is 9.59 Å². The summed E-state index contributed by atoms with van der Waals surface area (Å²) in [7, 11) is 0. The minimum Gasteiger partial charge on any atom is -0.481 e. The number of carbonyl (C=O) groups excluding carboxylic acids is 1. The topological polar surface area (TPSA) is 92.4 Å². The summed E-state index contributed by atoms with van der Waals surface area (Å²) in [6.07, 6.45) is 1.82. The minimum atomic E-state index is -0.949. The maximum absolute atomic E-state index is 11.2. The van der Waals surface area contributed by atoms with E-state index in [2.05, 4.69) is 11.9 Å². The van der Waals surface area contributed by atoms with Crippen molar-refractivity contribution in [3.05, 3.63) is 12.7 Å². The van der Waals surface area contributed by atoms with Crippen molar-refractivity contribution in [2.24, 2.45) is 5.73 Å². The van der Waals surface area contributed by atoms with Gasteiger partial charge in [0.05, 0.1) is 12.5 Å². The van der Waals surface area contributed by atoms with Crippen molar-refractivity contribution < 1.29 is 14.7 Å². The molecule has 0 bridgehead atoms. The standard InChI is InChI=1S/C9H16N2O3/c1-3-4-7(10)9(14)11-6(2)5-8(12)13/h3,6-7H,1,4-5,10H2,2H3,(H,11,14)(H,12,13). The molecule has 0 radical (unpaired) electrons. The Morgan fingerprint density at radius 2 is 2.21 bits per heavy atom. The maximum Gasteiger partial charge on any atom is 0.305 e. The van der Waals surface area contributed by atoms with Crippen LogP contribution in [0, 0.1) is 0 Å². The second kappa shape index (κ2) is 6.15.